The van der Waals surface area contributed by atoms with E-state index >= 15 is 0 Å². The lowest BCUT2D eigenvalue weighted by atomic mass is 10.4. The van der Waals surface area contributed by atoms with Crippen molar-refractivity contribution in [2.75, 3.05) is 0 Å². The number of hydrogen-bond donors (Lipinski definition) is 0. The maximum Gasteiger partial charge on any atom is 0.180 e. The Kier molecular flexibility index (Phi) is 5.88. The van der Waals surface area contributed by atoms with Gasteiger partial charge in [0.05, 0.1) is 0 Å². The number of hydrogen-bond acceptors (Lipinski definition) is 2. The van der Waals surface area contributed by atoms with Crippen LogP contribution in [0.25, 0.3) is 0 Å². The summed E-state index contributed by atoms with van der Waals surface area (Å²) in [6, 6.07) is 32.4. The van der Waals surface area contributed by atoms with Crippen molar-refractivity contribution >= 4 is 23.2 Å². The van der Waals surface area contributed by atoms with Crippen LogP contribution in [0.5, 0.6) is 0 Å². The van der Waals surface area contributed by atoms with E-state index in [2.05, 4.69) is 96.0 Å². The zero-order valence-electron chi connectivity index (χ0n) is 14.2. The first-order chi connectivity index (χ1) is 12.4. The third-order valence-electron chi connectivity index (χ3n) is 4.47. The van der Waals surface area contributed by atoms with Gasteiger partial charge in [-0.1, -0.05) is 54.6 Å². The number of benzene rings is 3. The molecule has 26 heavy (non-hydrogen) atoms. The van der Waals surface area contributed by atoms with Gasteiger partial charge in [0, 0.05) is 0 Å². The molecule has 0 unspecified atom stereocenters. The van der Waals surface area contributed by atoms with E-state index < -0.39 is 7.26 Å². The maximum atomic E-state index is 5.27. The Morgan fingerprint density at radius 1 is 0.654 bits per heavy atom. The molecule has 0 aliphatic rings. The van der Waals surface area contributed by atoms with Crippen LogP contribution in [0.1, 0.15) is 5.69 Å². The van der Waals surface area contributed by atoms with Gasteiger partial charge in [0.25, 0.3) is 0 Å². The van der Waals surface area contributed by atoms with Gasteiger partial charge in [0.1, 0.15) is 41.3 Å². The zero-order chi connectivity index (χ0) is 17.0. The van der Waals surface area contributed by atoms with Gasteiger partial charge in [-0.05, 0) is 36.4 Å². The minimum absolute atomic E-state index is 0. The van der Waals surface area contributed by atoms with Crippen molar-refractivity contribution < 1.29 is 16.8 Å². The highest BCUT2D eigenvalue weighted by molar-refractivity contribution is 7.95. The molecule has 0 saturated carbocycles. The third-order valence-corrected chi connectivity index (χ3v) is 8.81. The molecule has 1 heterocycles. The highest BCUT2D eigenvalue weighted by Crippen LogP contribution is 2.57. The van der Waals surface area contributed by atoms with Gasteiger partial charge in [-0.25, -0.2) is 4.98 Å². The molecular weight excluding hydrogens is 361 g/mol. The first-order valence-corrected chi connectivity index (χ1v) is 10.3. The summed E-state index contributed by atoms with van der Waals surface area (Å²) in [5, 5.41) is 4.07. The number of halogens is 1. The second kappa shape index (κ2) is 8.31. The summed E-state index contributed by atoms with van der Waals surface area (Å²) in [5.74, 6) is 0. The second-order valence-electron chi connectivity index (χ2n) is 5.95. The van der Waals surface area contributed by atoms with E-state index in [0.717, 1.165) is 11.9 Å². The lowest BCUT2D eigenvalue weighted by molar-refractivity contribution is -0.00000534. The van der Waals surface area contributed by atoms with Gasteiger partial charge < -0.3 is 16.8 Å². The molecule has 4 aromatic rings. The molecule has 2 nitrogen and oxygen atoms in total. The van der Waals surface area contributed by atoms with Crippen LogP contribution < -0.4 is 28.3 Å². The number of oxazole rings is 1. The molecule has 130 valence electrons. The predicted octanol–water partition coefficient (Wildman–Crippen LogP) is 1.17. The zero-order valence-corrected chi connectivity index (χ0v) is 15.9. The first kappa shape index (κ1) is 18.4. The van der Waals surface area contributed by atoms with Crippen molar-refractivity contribution in [3.8, 4) is 0 Å². The molecule has 0 spiro atoms. The van der Waals surface area contributed by atoms with Crippen molar-refractivity contribution in [1.82, 2.24) is 4.98 Å². The standard InChI is InChI=1S/C22H19NOP.ClH/c1-4-10-20(11-5-1)25(17-19-16-24-18-23-19,21-12-6-2-7-13-21)22-14-8-3-9-15-22;/h1-16,18H,17H2;1H/q+1;/p-1. The van der Waals surface area contributed by atoms with Crippen molar-refractivity contribution in [1.29, 1.82) is 0 Å². The largest absolute Gasteiger partial charge is 1.00 e. The van der Waals surface area contributed by atoms with Crippen molar-refractivity contribution in [2.24, 2.45) is 0 Å². The quantitative estimate of drug-likeness (QED) is 0.487. The fourth-order valence-electron chi connectivity index (χ4n) is 3.33. The molecule has 4 rings (SSSR count). The minimum Gasteiger partial charge on any atom is -1.00 e. The molecule has 1 aromatic heterocycles. The van der Waals surface area contributed by atoms with Gasteiger partial charge in [-0.15, -0.1) is 0 Å². The van der Waals surface area contributed by atoms with Gasteiger partial charge in [0.15, 0.2) is 6.39 Å². The molecule has 0 bridgehead atoms. The van der Waals surface area contributed by atoms with Crippen LogP contribution in [0.4, 0.5) is 0 Å². The van der Waals surface area contributed by atoms with E-state index in [0.29, 0.717) is 0 Å². The number of rotatable bonds is 5. The molecule has 0 aliphatic heterocycles. The monoisotopic (exact) mass is 379 g/mol. The Morgan fingerprint density at radius 3 is 1.42 bits per heavy atom. The summed E-state index contributed by atoms with van der Waals surface area (Å²) < 4.78 is 5.27. The summed E-state index contributed by atoms with van der Waals surface area (Å²) in [4.78, 5) is 4.44. The summed E-state index contributed by atoms with van der Waals surface area (Å²) in [7, 11) is -1.86. The SMILES string of the molecule is [Cl-].c1ccc([P+](Cc2cocn2)(c2ccccc2)c2ccccc2)cc1. The molecule has 0 saturated heterocycles. The van der Waals surface area contributed by atoms with Crippen LogP contribution in [0.3, 0.4) is 0 Å². The lowest BCUT2D eigenvalue weighted by Gasteiger charge is -2.26. The molecule has 0 radical (unpaired) electrons. The van der Waals surface area contributed by atoms with Crippen LogP contribution in [0.15, 0.2) is 108 Å². The average molecular weight is 380 g/mol. The van der Waals surface area contributed by atoms with Gasteiger partial charge in [0.2, 0.25) is 0 Å². The summed E-state index contributed by atoms with van der Waals surface area (Å²) in [6.45, 7) is 0. The highest BCUT2D eigenvalue weighted by Gasteiger charge is 2.45. The smallest absolute Gasteiger partial charge is 0.180 e. The van der Waals surface area contributed by atoms with Crippen LogP contribution in [0, 0.1) is 0 Å². The second-order valence-corrected chi connectivity index (χ2v) is 9.44. The third kappa shape index (κ3) is 3.44. The van der Waals surface area contributed by atoms with Gasteiger partial charge in [-0.2, -0.15) is 0 Å². The van der Waals surface area contributed by atoms with Crippen LogP contribution >= 0.6 is 7.26 Å². The minimum atomic E-state index is -1.86. The summed E-state index contributed by atoms with van der Waals surface area (Å²) >= 11 is 0. The first-order valence-electron chi connectivity index (χ1n) is 8.31. The predicted molar refractivity (Wildman–Crippen MR) is 105 cm³/mol. The molecule has 0 N–H and O–H groups in total. The van der Waals surface area contributed by atoms with Crippen LogP contribution in [0.2, 0.25) is 0 Å². The van der Waals surface area contributed by atoms with E-state index in [1.807, 2.05) is 0 Å². The fourth-order valence-corrected chi connectivity index (χ4v) is 7.45. The summed E-state index contributed by atoms with van der Waals surface area (Å²) in [6.07, 6.45) is 4.14. The Labute approximate surface area is 160 Å². The Morgan fingerprint density at radius 2 is 1.08 bits per heavy atom. The summed E-state index contributed by atoms with van der Waals surface area (Å²) in [5.41, 5.74) is 0.991. The Hall–Kier alpha value is -2.41. The normalized spacial score (nSPS) is 10.9. The van der Waals surface area contributed by atoms with Gasteiger partial charge in [-0.3, -0.25) is 0 Å². The van der Waals surface area contributed by atoms with Crippen molar-refractivity contribution in [3.63, 3.8) is 0 Å². The molecule has 4 heteroatoms. The lowest BCUT2D eigenvalue weighted by Crippen LogP contribution is -3.00. The fraction of sp³-hybridized carbons (Fsp3) is 0.0455. The van der Waals surface area contributed by atoms with E-state index in [4.69, 9.17) is 4.42 Å². The molecule has 0 amide bonds. The Bertz CT molecular complexity index is 816. The van der Waals surface area contributed by atoms with Gasteiger partial charge >= 0.3 is 0 Å². The molecular formula is C22H19ClNOP. The Balaban J connectivity index is 0.00000196. The van der Waals surface area contributed by atoms with Crippen molar-refractivity contribution in [3.05, 3.63) is 109 Å². The average Bonchev–Trinajstić information content (AvgIpc) is 3.21. The topological polar surface area (TPSA) is 26.0 Å². The molecule has 0 aliphatic carbocycles. The van der Waals surface area contributed by atoms with E-state index in [-0.39, 0.29) is 12.4 Å². The molecule has 3 aromatic carbocycles. The van der Waals surface area contributed by atoms with E-state index in [9.17, 15) is 0 Å². The van der Waals surface area contributed by atoms with Crippen LogP contribution in [-0.2, 0) is 6.16 Å². The van der Waals surface area contributed by atoms with Crippen molar-refractivity contribution in [2.45, 2.75) is 6.16 Å². The number of nitrogens with zero attached hydrogens (tertiary/aromatic N) is 1. The van der Waals surface area contributed by atoms with Crippen LogP contribution in [-0.4, -0.2) is 4.98 Å². The molecule has 0 fully saturated rings. The number of aromatic nitrogens is 1. The highest BCUT2D eigenvalue weighted by atomic mass is 35.5. The molecule has 0 atom stereocenters. The van der Waals surface area contributed by atoms with E-state index in [1.165, 1.54) is 22.3 Å². The van der Waals surface area contributed by atoms with E-state index in [1.54, 1.807) is 6.26 Å². The maximum absolute atomic E-state index is 5.27.